The number of hydrogen-bond donors (Lipinski definition) is 3. The molecule has 7 heteroatoms. The fraction of sp³-hybridized carbons (Fsp3) is 0.303. The summed E-state index contributed by atoms with van der Waals surface area (Å²) >= 11 is 0. The number of nitrogens with one attached hydrogen (secondary N) is 3. The van der Waals surface area contributed by atoms with Crippen LogP contribution in [-0.4, -0.2) is 39.7 Å². The molecule has 3 aromatic carbocycles. The number of benzene rings is 3. The van der Waals surface area contributed by atoms with Gasteiger partial charge in [0, 0.05) is 35.1 Å². The van der Waals surface area contributed by atoms with E-state index >= 15 is 0 Å². The average Bonchev–Trinajstić information content (AvgIpc) is 3.50. The lowest BCUT2D eigenvalue weighted by molar-refractivity contribution is -0.133. The normalized spacial score (nSPS) is 19.0. The second-order valence-corrected chi connectivity index (χ2v) is 11.1. The van der Waals surface area contributed by atoms with E-state index < -0.39 is 12.1 Å². The van der Waals surface area contributed by atoms with Crippen LogP contribution in [0.2, 0.25) is 0 Å². The summed E-state index contributed by atoms with van der Waals surface area (Å²) in [5, 5.41) is 7.12. The van der Waals surface area contributed by atoms with Crippen LogP contribution in [0.5, 0.6) is 0 Å². The maximum absolute atomic E-state index is 14.1. The molecule has 3 amide bonds. The fourth-order valence-corrected chi connectivity index (χ4v) is 6.09. The molecule has 1 aromatic heterocycles. The second-order valence-electron chi connectivity index (χ2n) is 11.1. The van der Waals surface area contributed by atoms with Gasteiger partial charge >= 0.3 is 0 Å². The van der Waals surface area contributed by atoms with Gasteiger partial charge in [-0.1, -0.05) is 86.5 Å². The second kappa shape index (κ2) is 10.3. The summed E-state index contributed by atoms with van der Waals surface area (Å²) in [5.74, 6) is -0.775. The van der Waals surface area contributed by atoms with Crippen LogP contribution in [0.1, 0.15) is 64.6 Å². The highest BCUT2D eigenvalue weighted by Gasteiger charge is 2.49. The van der Waals surface area contributed by atoms with E-state index in [-0.39, 0.29) is 29.7 Å². The molecule has 2 unspecified atom stereocenters. The number of rotatable bonds is 7. The molecule has 0 spiro atoms. The largest absolute Gasteiger partial charge is 0.356 e. The molecule has 3 N–H and O–H groups in total. The van der Waals surface area contributed by atoms with E-state index in [2.05, 4.69) is 21.7 Å². The number of para-hydroxylation sites is 1. The molecule has 2 aliphatic heterocycles. The van der Waals surface area contributed by atoms with Crippen LogP contribution in [0, 0.1) is 12.8 Å². The highest BCUT2D eigenvalue weighted by molar-refractivity contribution is 6.04. The Labute approximate surface area is 234 Å². The number of aromatic nitrogens is 1. The van der Waals surface area contributed by atoms with Crippen molar-refractivity contribution in [1.82, 2.24) is 20.5 Å². The number of nitrogens with zero attached hydrogens (tertiary/aromatic N) is 1. The first-order valence-electron chi connectivity index (χ1n) is 14.0. The Morgan fingerprint density at radius 3 is 2.52 bits per heavy atom. The van der Waals surface area contributed by atoms with Gasteiger partial charge < -0.3 is 20.5 Å². The number of fused-ring (bicyclic) bond motifs is 7. The predicted octanol–water partition coefficient (Wildman–Crippen LogP) is 4.79. The first-order chi connectivity index (χ1) is 19.4. The molecule has 4 atom stereocenters. The number of carbonyl (C=O) groups excluding carboxylic acids is 3. The highest BCUT2D eigenvalue weighted by Crippen LogP contribution is 2.46. The van der Waals surface area contributed by atoms with Crippen LogP contribution >= 0.6 is 0 Å². The molecule has 0 saturated heterocycles. The number of hydrogen-bond acceptors (Lipinski definition) is 3. The Hall–Kier alpha value is -4.39. The van der Waals surface area contributed by atoms with Crippen molar-refractivity contribution in [1.29, 1.82) is 0 Å². The summed E-state index contributed by atoms with van der Waals surface area (Å²) in [7, 11) is 0. The molecule has 3 heterocycles. The van der Waals surface area contributed by atoms with Crippen LogP contribution in [0.3, 0.4) is 0 Å². The standard InChI is InChI=1S/C33H34N4O3/c1-4-20(3)28(32(39)34-18-21-15-13-19(2)14-16-21)36-31(38)27-17-25-22-9-7-8-12-26(22)35-29(25)30-23-10-5-6-11-24(23)33(40)37(27)30/h5-16,20,27-28,30,35H,4,17-18H2,1-3H3,(H,34,39)(H,36,38)/t20?,27-,28-,30?/m0/s1. The number of carbonyl (C=O) groups is 3. The Morgan fingerprint density at radius 1 is 1.02 bits per heavy atom. The summed E-state index contributed by atoms with van der Waals surface area (Å²) in [6.45, 7) is 6.38. The van der Waals surface area contributed by atoms with Crippen molar-refractivity contribution < 1.29 is 14.4 Å². The Balaban J connectivity index is 1.31. The molecule has 7 nitrogen and oxygen atoms in total. The van der Waals surface area contributed by atoms with Crippen LogP contribution < -0.4 is 10.6 Å². The van der Waals surface area contributed by atoms with Crippen molar-refractivity contribution in [2.45, 2.75) is 58.3 Å². The minimum Gasteiger partial charge on any atom is -0.356 e. The molecule has 2 aliphatic rings. The summed E-state index contributed by atoms with van der Waals surface area (Å²) in [6, 6.07) is 21.8. The van der Waals surface area contributed by atoms with Crippen LogP contribution in [0.15, 0.2) is 72.8 Å². The molecule has 6 rings (SSSR count). The van der Waals surface area contributed by atoms with E-state index in [1.807, 2.05) is 87.5 Å². The third-order valence-corrected chi connectivity index (χ3v) is 8.54. The first kappa shape index (κ1) is 25.9. The number of H-pyrrole nitrogens is 1. The predicted molar refractivity (Wildman–Crippen MR) is 155 cm³/mol. The maximum Gasteiger partial charge on any atom is 0.255 e. The molecule has 0 saturated carbocycles. The summed E-state index contributed by atoms with van der Waals surface area (Å²) < 4.78 is 0. The number of aryl methyl sites for hydroxylation is 1. The van der Waals surface area contributed by atoms with E-state index in [1.165, 1.54) is 0 Å². The lowest BCUT2D eigenvalue weighted by Gasteiger charge is -2.38. The Morgan fingerprint density at radius 2 is 1.75 bits per heavy atom. The molecular weight excluding hydrogens is 500 g/mol. The van der Waals surface area contributed by atoms with Gasteiger partial charge in [-0.25, -0.2) is 0 Å². The molecular formula is C33H34N4O3. The van der Waals surface area contributed by atoms with Gasteiger partial charge in [-0.3, -0.25) is 14.4 Å². The van der Waals surface area contributed by atoms with Gasteiger partial charge in [0.25, 0.3) is 5.91 Å². The van der Waals surface area contributed by atoms with Gasteiger partial charge in [-0.05, 0) is 41.7 Å². The fourth-order valence-electron chi connectivity index (χ4n) is 6.09. The number of aromatic amines is 1. The molecule has 0 aliphatic carbocycles. The van der Waals surface area contributed by atoms with Crippen molar-refractivity contribution >= 4 is 28.6 Å². The van der Waals surface area contributed by atoms with Crippen molar-refractivity contribution in [3.05, 3.63) is 106 Å². The molecule has 0 bridgehead atoms. The summed E-state index contributed by atoms with van der Waals surface area (Å²) in [5.41, 5.74) is 6.65. The zero-order valence-electron chi connectivity index (χ0n) is 23.0. The van der Waals surface area contributed by atoms with Crippen molar-refractivity contribution in [3.8, 4) is 0 Å². The third-order valence-electron chi connectivity index (χ3n) is 8.54. The SMILES string of the molecule is CCC(C)[C@H](NC(=O)[C@@H]1Cc2c([nH]c3ccccc23)C2c3ccccc3C(=O)N21)C(=O)NCc1ccc(C)cc1. The van der Waals surface area contributed by atoms with Crippen molar-refractivity contribution in [3.63, 3.8) is 0 Å². The van der Waals surface area contributed by atoms with E-state index in [9.17, 15) is 14.4 Å². The zero-order valence-corrected chi connectivity index (χ0v) is 23.0. The third kappa shape index (κ3) is 4.35. The maximum atomic E-state index is 14.1. The first-order valence-corrected chi connectivity index (χ1v) is 14.0. The molecule has 40 heavy (non-hydrogen) atoms. The van der Waals surface area contributed by atoms with Crippen molar-refractivity contribution in [2.24, 2.45) is 5.92 Å². The quantitative estimate of drug-likeness (QED) is 0.318. The van der Waals surface area contributed by atoms with Gasteiger partial charge in [0.05, 0.1) is 6.04 Å². The summed E-state index contributed by atoms with van der Waals surface area (Å²) in [4.78, 5) is 46.4. The molecule has 0 radical (unpaired) electrons. The Kier molecular flexibility index (Phi) is 6.66. The summed E-state index contributed by atoms with van der Waals surface area (Å²) in [6.07, 6.45) is 1.09. The minimum absolute atomic E-state index is 0.0866. The Bertz CT molecular complexity index is 1610. The van der Waals surface area contributed by atoms with Crippen LogP contribution in [-0.2, 0) is 22.6 Å². The van der Waals surface area contributed by atoms with Gasteiger partial charge in [0.1, 0.15) is 12.1 Å². The van der Waals surface area contributed by atoms with Gasteiger partial charge in [-0.15, -0.1) is 0 Å². The molecule has 4 aromatic rings. The van der Waals surface area contributed by atoms with E-state index in [0.29, 0.717) is 18.5 Å². The topological polar surface area (TPSA) is 94.3 Å². The smallest absolute Gasteiger partial charge is 0.255 e. The van der Waals surface area contributed by atoms with Crippen molar-refractivity contribution in [2.75, 3.05) is 0 Å². The molecule has 204 valence electrons. The van der Waals surface area contributed by atoms with Gasteiger partial charge in [0.2, 0.25) is 11.8 Å². The average molecular weight is 535 g/mol. The van der Waals surface area contributed by atoms with Gasteiger partial charge in [-0.2, -0.15) is 0 Å². The van der Waals surface area contributed by atoms with E-state index in [4.69, 9.17) is 0 Å². The van der Waals surface area contributed by atoms with E-state index in [0.717, 1.165) is 45.3 Å². The lowest BCUT2D eigenvalue weighted by Crippen LogP contribution is -2.58. The monoisotopic (exact) mass is 534 g/mol. The number of amides is 3. The van der Waals surface area contributed by atoms with Gasteiger partial charge in [0.15, 0.2) is 0 Å². The zero-order chi connectivity index (χ0) is 28.0. The highest BCUT2D eigenvalue weighted by atomic mass is 16.2. The minimum atomic E-state index is -0.743. The molecule has 0 fully saturated rings. The van der Waals surface area contributed by atoms with Crippen LogP contribution in [0.25, 0.3) is 10.9 Å². The van der Waals surface area contributed by atoms with Crippen LogP contribution in [0.4, 0.5) is 0 Å². The lowest BCUT2D eigenvalue weighted by atomic mass is 9.89. The van der Waals surface area contributed by atoms with E-state index in [1.54, 1.807) is 4.90 Å².